The zero-order valence-corrected chi connectivity index (χ0v) is 18.9. The summed E-state index contributed by atoms with van der Waals surface area (Å²) in [6.07, 6.45) is 3.18. The molecular formula is C25H21F2N3O3S. The summed E-state index contributed by atoms with van der Waals surface area (Å²) in [6, 6.07) is 17.4. The van der Waals surface area contributed by atoms with Crippen molar-refractivity contribution in [1.29, 1.82) is 5.26 Å². The maximum atomic E-state index is 13.4. The summed E-state index contributed by atoms with van der Waals surface area (Å²) in [5.74, 6) is -0.477. The largest absolute Gasteiger partial charge is 0.434 e. The fourth-order valence-electron chi connectivity index (χ4n) is 3.82. The van der Waals surface area contributed by atoms with Crippen LogP contribution in [0, 0.1) is 11.3 Å². The monoisotopic (exact) mass is 481 g/mol. The van der Waals surface area contributed by atoms with Crippen molar-refractivity contribution < 1.29 is 18.3 Å². The lowest BCUT2D eigenvalue weighted by molar-refractivity contribution is -0.123. The summed E-state index contributed by atoms with van der Waals surface area (Å²) < 4.78 is 32.1. The van der Waals surface area contributed by atoms with Gasteiger partial charge in [-0.1, -0.05) is 48.5 Å². The number of hydrogen-bond donors (Lipinski definition) is 0. The van der Waals surface area contributed by atoms with Crippen molar-refractivity contribution >= 4 is 28.9 Å². The van der Waals surface area contributed by atoms with Crippen molar-refractivity contribution in [3.05, 3.63) is 85.3 Å². The molecule has 3 aromatic rings. The number of likely N-dealkylation sites (tertiary alicyclic amines) is 1. The SMILES string of the molecule is N#C/C(C(=O)N1CCCC1)=c1\s/c(=C/c2ccccc2OC(F)F)c(=O)n1Cc1ccccc1. The summed E-state index contributed by atoms with van der Waals surface area (Å²) in [5, 5.41) is 9.88. The molecule has 1 amide bonds. The Labute approximate surface area is 198 Å². The lowest BCUT2D eigenvalue weighted by atomic mass is 10.2. The van der Waals surface area contributed by atoms with E-state index in [2.05, 4.69) is 4.74 Å². The quantitative estimate of drug-likeness (QED) is 0.543. The van der Waals surface area contributed by atoms with Crippen LogP contribution in [0.4, 0.5) is 8.78 Å². The predicted octanol–water partition coefficient (Wildman–Crippen LogP) is 2.68. The van der Waals surface area contributed by atoms with Crippen LogP contribution in [0.2, 0.25) is 0 Å². The first-order chi connectivity index (χ1) is 16.5. The Morgan fingerprint density at radius 1 is 1.12 bits per heavy atom. The molecule has 174 valence electrons. The molecule has 0 spiro atoms. The number of carbonyl (C=O) groups excluding carboxylic acids is 1. The number of hydrogen-bond acceptors (Lipinski definition) is 5. The van der Waals surface area contributed by atoms with Crippen molar-refractivity contribution in [3.8, 4) is 11.8 Å². The Bertz CT molecular complexity index is 1400. The number of rotatable bonds is 6. The molecule has 0 aliphatic carbocycles. The maximum Gasteiger partial charge on any atom is 0.387 e. The third kappa shape index (κ3) is 5.07. The fourth-order valence-corrected chi connectivity index (χ4v) is 4.91. The highest BCUT2D eigenvalue weighted by Crippen LogP contribution is 2.20. The van der Waals surface area contributed by atoms with Crippen LogP contribution in [-0.4, -0.2) is 35.1 Å². The number of amides is 1. The highest BCUT2D eigenvalue weighted by Gasteiger charge is 2.24. The molecule has 0 atom stereocenters. The van der Waals surface area contributed by atoms with Crippen molar-refractivity contribution in [3.63, 3.8) is 0 Å². The number of carbonyl (C=O) groups is 1. The molecule has 9 heteroatoms. The Hall–Kier alpha value is -3.77. The zero-order chi connectivity index (χ0) is 24.1. The normalized spacial score (nSPS) is 14.9. The van der Waals surface area contributed by atoms with Crippen molar-refractivity contribution in [1.82, 2.24) is 9.47 Å². The van der Waals surface area contributed by atoms with Crippen LogP contribution < -0.4 is 19.5 Å². The minimum absolute atomic E-state index is 0.0703. The minimum atomic E-state index is -3.01. The van der Waals surface area contributed by atoms with E-state index in [4.69, 9.17) is 0 Å². The Kier molecular flexibility index (Phi) is 7.18. The molecule has 0 bridgehead atoms. The van der Waals surface area contributed by atoms with Gasteiger partial charge in [-0.3, -0.25) is 14.2 Å². The van der Waals surface area contributed by atoms with Crippen LogP contribution in [0.5, 0.6) is 5.75 Å². The molecule has 1 aliphatic rings. The van der Waals surface area contributed by atoms with Gasteiger partial charge in [0.1, 0.15) is 16.5 Å². The van der Waals surface area contributed by atoms with E-state index in [1.807, 2.05) is 36.4 Å². The molecule has 2 aromatic carbocycles. The van der Waals surface area contributed by atoms with Crippen LogP contribution in [0.15, 0.2) is 59.4 Å². The number of para-hydroxylation sites is 1. The number of ether oxygens (including phenoxy) is 1. The smallest absolute Gasteiger partial charge is 0.387 e. The number of nitriles is 1. The first-order valence-electron chi connectivity index (χ1n) is 10.7. The average Bonchev–Trinajstić information content (AvgIpc) is 3.46. The van der Waals surface area contributed by atoms with Gasteiger partial charge in [-0.05, 0) is 30.5 Å². The van der Waals surface area contributed by atoms with Gasteiger partial charge in [0.25, 0.3) is 11.5 Å². The zero-order valence-electron chi connectivity index (χ0n) is 18.1. The Balaban J connectivity index is 1.92. The molecule has 0 radical (unpaired) electrons. The van der Waals surface area contributed by atoms with E-state index < -0.39 is 18.1 Å². The van der Waals surface area contributed by atoms with Gasteiger partial charge in [-0.15, -0.1) is 11.3 Å². The van der Waals surface area contributed by atoms with Gasteiger partial charge in [0.05, 0.1) is 11.1 Å². The van der Waals surface area contributed by atoms with Crippen molar-refractivity contribution in [2.24, 2.45) is 0 Å². The summed E-state index contributed by atoms with van der Waals surface area (Å²) >= 11 is 0.992. The molecule has 1 aliphatic heterocycles. The fraction of sp³-hybridized carbons (Fsp3) is 0.240. The molecule has 1 fully saturated rings. The van der Waals surface area contributed by atoms with Crippen LogP contribution in [0.1, 0.15) is 24.0 Å². The van der Waals surface area contributed by atoms with Gasteiger partial charge >= 0.3 is 6.61 Å². The highest BCUT2D eigenvalue weighted by atomic mass is 32.1. The number of alkyl halides is 2. The standard InChI is InChI=1S/C25H21F2N3O3S/c26-25(27)33-20-11-5-4-10-18(20)14-21-23(32)30(16-17-8-2-1-3-9-17)24(34-21)19(15-28)22(31)29-12-6-7-13-29/h1-5,8-11,14,25H,6-7,12-13,16H2/b21-14+,24-19+. The number of nitrogens with zero attached hydrogens (tertiary/aromatic N) is 3. The highest BCUT2D eigenvalue weighted by molar-refractivity contribution is 7.07. The van der Waals surface area contributed by atoms with Gasteiger partial charge in [0.2, 0.25) is 0 Å². The Morgan fingerprint density at radius 3 is 2.47 bits per heavy atom. The van der Waals surface area contributed by atoms with Crippen molar-refractivity contribution in [2.75, 3.05) is 13.1 Å². The molecular weight excluding hydrogens is 460 g/mol. The van der Waals surface area contributed by atoms with E-state index in [0.717, 1.165) is 29.7 Å². The summed E-state index contributed by atoms with van der Waals surface area (Å²) in [5.41, 5.74) is 0.598. The van der Waals surface area contributed by atoms with E-state index in [-0.39, 0.29) is 27.1 Å². The summed E-state index contributed by atoms with van der Waals surface area (Å²) in [4.78, 5) is 28.1. The molecule has 0 saturated carbocycles. The summed E-state index contributed by atoms with van der Waals surface area (Å²) in [7, 11) is 0. The Morgan fingerprint density at radius 2 is 1.79 bits per heavy atom. The molecule has 34 heavy (non-hydrogen) atoms. The van der Waals surface area contributed by atoms with Crippen LogP contribution in [0.3, 0.4) is 0 Å². The molecule has 0 N–H and O–H groups in total. The number of thiazole rings is 1. The second-order valence-electron chi connectivity index (χ2n) is 7.70. The molecule has 1 aromatic heterocycles. The molecule has 6 nitrogen and oxygen atoms in total. The number of halogens is 2. The number of benzene rings is 2. The predicted molar refractivity (Wildman–Crippen MR) is 125 cm³/mol. The average molecular weight is 482 g/mol. The van der Waals surface area contributed by atoms with Gasteiger partial charge in [-0.2, -0.15) is 14.0 Å². The molecule has 2 heterocycles. The lowest BCUT2D eigenvalue weighted by Crippen LogP contribution is -2.36. The molecule has 4 rings (SSSR count). The second-order valence-corrected chi connectivity index (χ2v) is 8.73. The minimum Gasteiger partial charge on any atom is -0.434 e. The first-order valence-corrected chi connectivity index (χ1v) is 11.5. The van der Waals surface area contributed by atoms with Crippen LogP contribution in [0.25, 0.3) is 11.6 Å². The van der Waals surface area contributed by atoms with Crippen LogP contribution >= 0.6 is 11.3 Å². The third-order valence-electron chi connectivity index (χ3n) is 5.45. The van der Waals surface area contributed by atoms with E-state index in [9.17, 15) is 23.6 Å². The van der Waals surface area contributed by atoms with Gasteiger partial charge < -0.3 is 9.64 Å². The topological polar surface area (TPSA) is 75.3 Å². The molecule has 1 saturated heterocycles. The van der Waals surface area contributed by atoms with Crippen molar-refractivity contribution in [2.45, 2.75) is 26.0 Å². The summed E-state index contributed by atoms with van der Waals surface area (Å²) in [6.45, 7) is -1.72. The number of aromatic nitrogens is 1. The molecule has 0 unspecified atom stereocenters. The van der Waals surface area contributed by atoms with Gasteiger partial charge in [0.15, 0.2) is 5.57 Å². The lowest BCUT2D eigenvalue weighted by Gasteiger charge is -2.14. The third-order valence-corrected chi connectivity index (χ3v) is 6.58. The second kappa shape index (κ2) is 10.4. The van der Waals surface area contributed by atoms with Crippen LogP contribution in [-0.2, 0) is 11.3 Å². The van der Waals surface area contributed by atoms with Gasteiger partial charge in [0, 0.05) is 18.7 Å². The van der Waals surface area contributed by atoms with E-state index in [0.29, 0.717) is 18.7 Å². The van der Waals surface area contributed by atoms with E-state index in [1.54, 1.807) is 23.1 Å². The van der Waals surface area contributed by atoms with E-state index >= 15 is 0 Å². The van der Waals surface area contributed by atoms with E-state index in [1.165, 1.54) is 16.7 Å². The van der Waals surface area contributed by atoms with Gasteiger partial charge in [-0.25, -0.2) is 0 Å². The first kappa shape index (κ1) is 23.4. The maximum absolute atomic E-state index is 13.4.